The molecule has 1 heterocycles. The molecule has 3 rings (SSSR count). The molecule has 1 fully saturated rings. The summed E-state index contributed by atoms with van der Waals surface area (Å²) in [6, 6.07) is 18.3. The molecular weight excluding hydrogens is 244 g/mol. The predicted octanol–water partition coefficient (Wildman–Crippen LogP) is 6.11. The second-order valence-electron chi connectivity index (χ2n) is 6.48. The van der Waals surface area contributed by atoms with Gasteiger partial charge < -0.3 is 0 Å². The minimum atomic E-state index is -0.694. The van der Waals surface area contributed by atoms with E-state index in [2.05, 4.69) is 68.5 Å². The van der Waals surface area contributed by atoms with E-state index in [4.69, 9.17) is 0 Å². The van der Waals surface area contributed by atoms with Gasteiger partial charge in [-0.2, -0.15) is 0 Å². The summed E-state index contributed by atoms with van der Waals surface area (Å²) in [5.74, 6) is 0. The summed E-state index contributed by atoms with van der Waals surface area (Å²) in [5.41, 5.74) is 1.09. The van der Waals surface area contributed by atoms with Crippen LogP contribution in [0.15, 0.2) is 48.5 Å². The van der Waals surface area contributed by atoms with Gasteiger partial charge in [-0.15, -0.1) is 0 Å². The van der Waals surface area contributed by atoms with Crippen molar-refractivity contribution in [2.45, 2.75) is 50.9 Å². The van der Waals surface area contributed by atoms with E-state index < -0.39 is 8.07 Å². The van der Waals surface area contributed by atoms with Crippen molar-refractivity contribution in [3.63, 3.8) is 0 Å². The van der Waals surface area contributed by atoms with Crippen molar-refractivity contribution in [2.24, 2.45) is 0 Å². The molecule has 1 heteroatoms. The summed E-state index contributed by atoms with van der Waals surface area (Å²) in [5, 5.41) is 2.62. The van der Waals surface area contributed by atoms with Gasteiger partial charge in [-0.25, -0.2) is 0 Å². The third-order valence-corrected chi connectivity index (χ3v) is 9.30. The summed E-state index contributed by atoms with van der Waals surface area (Å²) in [6.45, 7) is 7.53. The highest BCUT2D eigenvalue weighted by molar-refractivity contribution is 6.78. The van der Waals surface area contributed by atoms with Gasteiger partial charge in [0.05, 0.1) is 8.07 Å². The van der Waals surface area contributed by atoms with Crippen LogP contribution in [0, 0.1) is 0 Å². The van der Waals surface area contributed by atoms with Crippen molar-refractivity contribution in [1.82, 2.24) is 0 Å². The summed E-state index contributed by atoms with van der Waals surface area (Å²) in [7, 11) is -0.694. The van der Waals surface area contributed by atoms with E-state index in [0.29, 0.717) is 0 Å². The molecule has 1 unspecified atom stereocenters. The fraction of sp³-hybridized carbons (Fsp3) is 0.444. The van der Waals surface area contributed by atoms with Gasteiger partial charge in [-0.3, -0.25) is 0 Å². The van der Waals surface area contributed by atoms with E-state index in [9.17, 15) is 0 Å². The smallest absolute Gasteiger partial charge is 0.0502 e. The maximum atomic E-state index is 2.54. The van der Waals surface area contributed by atoms with Crippen LogP contribution in [0.25, 0.3) is 10.8 Å². The van der Waals surface area contributed by atoms with Crippen LogP contribution in [0.1, 0.15) is 26.2 Å². The van der Waals surface area contributed by atoms with Crippen molar-refractivity contribution in [2.75, 3.05) is 0 Å². The summed E-state index contributed by atoms with van der Waals surface area (Å²) < 4.78 is 0. The van der Waals surface area contributed by atoms with E-state index in [1.165, 1.54) is 30.0 Å². The maximum absolute atomic E-state index is 2.54. The van der Waals surface area contributed by atoms with Gasteiger partial charge in [0, 0.05) is 0 Å². The first kappa shape index (κ1) is 14.3. The van der Waals surface area contributed by atoms with Gasteiger partial charge in [0.15, 0.2) is 0 Å². The zero-order valence-electron chi connectivity index (χ0n) is 12.5. The molecular formula is C18H26Si. The average Bonchev–Trinajstić information content (AvgIpc) is 2.43. The van der Waals surface area contributed by atoms with Gasteiger partial charge >= 0.3 is 0 Å². The van der Waals surface area contributed by atoms with Crippen LogP contribution in [0.2, 0.25) is 24.7 Å². The second-order valence-corrected chi connectivity index (χ2v) is 11.9. The van der Waals surface area contributed by atoms with Crippen LogP contribution < -0.4 is 0 Å². The maximum Gasteiger partial charge on any atom is 0.0502 e. The lowest BCUT2D eigenvalue weighted by Gasteiger charge is -2.34. The SMILES string of the molecule is CC1CCCC[Si]1(C)C.c1ccc2ccccc2c1. The fourth-order valence-corrected chi connectivity index (χ4v) is 5.44. The molecule has 1 saturated heterocycles. The van der Waals surface area contributed by atoms with E-state index >= 15 is 0 Å². The predicted molar refractivity (Wildman–Crippen MR) is 89.5 cm³/mol. The molecule has 2 aromatic rings. The highest BCUT2D eigenvalue weighted by Crippen LogP contribution is 2.36. The number of rotatable bonds is 0. The lowest BCUT2D eigenvalue weighted by molar-refractivity contribution is 0.635. The standard InChI is InChI=1S/C10H8.C8H18Si/c1-2-6-10-8-4-3-7-9(10)5-1;1-8-6-4-5-7-9(8,2)3/h1-8H;8H,4-7H2,1-3H3. The quantitative estimate of drug-likeness (QED) is 0.507. The number of fused-ring (bicyclic) bond motifs is 1. The molecule has 0 radical (unpaired) electrons. The lowest BCUT2D eigenvalue weighted by Crippen LogP contribution is -2.33. The van der Waals surface area contributed by atoms with Crippen molar-refractivity contribution in [3.05, 3.63) is 48.5 Å². The lowest BCUT2D eigenvalue weighted by atomic mass is 10.1. The van der Waals surface area contributed by atoms with Gasteiger partial charge in [-0.05, 0) is 16.3 Å². The van der Waals surface area contributed by atoms with Gasteiger partial charge in [0.2, 0.25) is 0 Å². The highest BCUT2D eigenvalue weighted by atomic mass is 28.3. The molecule has 0 nitrogen and oxygen atoms in total. The van der Waals surface area contributed by atoms with E-state index in [-0.39, 0.29) is 0 Å². The zero-order chi connectivity index (χ0) is 13.7. The van der Waals surface area contributed by atoms with Gasteiger partial charge in [0.1, 0.15) is 0 Å². The van der Waals surface area contributed by atoms with Crippen LogP contribution in [0.4, 0.5) is 0 Å². The second kappa shape index (κ2) is 6.38. The average molecular weight is 270 g/mol. The minimum Gasteiger partial charge on any atom is -0.0692 e. The first-order valence-corrected chi connectivity index (χ1v) is 10.8. The Morgan fingerprint density at radius 1 is 0.842 bits per heavy atom. The molecule has 2 aromatic carbocycles. The topological polar surface area (TPSA) is 0 Å². The van der Waals surface area contributed by atoms with Gasteiger partial charge in [0.25, 0.3) is 0 Å². The number of hydrogen-bond acceptors (Lipinski definition) is 0. The van der Waals surface area contributed by atoms with Crippen molar-refractivity contribution < 1.29 is 0 Å². The van der Waals surface area contributed by atoms with Crippen LogP contribution >= 0.6 is 0 Å². The normalized spacial score (nSPS) is 21.5. The summed E-state index contributed by atoms with van der Waals surface area (Å²) >= 11 is 0. The molecule has 0 bridgehead atoms. The first-order chi connectivity index (χ1) is 9.09. The molecule has 1 aliphatic heterocycles. The molecule has 19 heavy (non-hydrogen) atoms. The van der Waals surface area contributed by atoms with Crippen molar-refractivity contribution in [3.8, 4) is 0 Å². The van der Waals surface area contributed by atoms with Crippen LogP contribution in [0.5, 0.6) is 0 Å². The molecule has 1 atom stereocenters. The summed E-state index contributed by atoms with van der Waals surface area (Å²) in [6.07, 6.45) is 4.53. The van der Waals surface area contributed by atoms with Crippen LogP contribution in [0.3, 0.4) is 0 Å². The van der Waals surface area contributed by atoms with Crippen LogP contribution in [-0.2, 0) is 0 Å². The molecule has 0 aliphatic carbocycles. The Kier molecular flexibility index (Phi) is 4.81. The molecule has 0 N–H and O–H groups in total. The van der Waals surface area contributed by atoms with Crippen molar-refractivity contribution in [1.29, 1.82) is 0 Å². The first-order valence-electron chi connectivity index (χ1n) is 7.53. The largest absolute Gasteiger partial charge is 0.0692 e. The summed E-state index contributed by atoms with van der Waals surface area (Å²) in [4.78, 5) is 0. The molecule has 1 aliphatic rings. The Balaban J connectivity index is 0.000000141. The number of hydrogen-bond donors (Lipinski definition) is 0. The van der Waals surface area contributed by atoms with E-state index in [0.717, 1.165) is 5.54 Å². The third-order valence-electron chi connectivity index (χ3n) is 4.70. The zero-order valence-corrected chi connectivity index (χ0v) is 13.5. The highest BCUT2D eigenvalue weighted by Gasteiger charge is 2.30. The van der Waals surface area contributed by atoms with E-state index in [1.54, 1.807) is 6.04 Å². The molecule has 0 aromatic heterocycles. The van der Waals surface area contributed by atoms with Gasteiger partial charge in [-0.1, -0.05) is 93.9 Å². The Bertz CT molecular complexity index is 450. The molecule has 0 spiro atoms. The number of benzene rings is 2. The Hall–Kier alpha value is -1.08. The van der Waals surface area contributed by atoms with E-state index in [1.807, 2.05) is 0 Å². The Morgan fingerprint density at radius 2 is 1.32 bits per heavy atom. The Morgan fingerprint density at radius 3 is 1.63 bits per heavy atom. The molecule has 102 valence electrons. The Labute approximate surface area is 118 Å². The van der Waals surface area contributed by atoms with Crippen LogP contribution in [-0.4, -0.2) is 8.07 Å². The third kappa shape index (κ3) is 3.94. The molecule has 0 saturated carbocycles. The molecule has 0 amide bonds. The van der Waals surface area contributed by atoms with Crippen molar-refractivity contribution >= 4 is 18.8 Å². The minimum absolute atomic E-state index is 0.694. The monoisotopic (exact) mass is 270 g/mol. The fourth-order valence-electron chi connectivity index (χ4n) is 2.80.